The van der Waals surface area contributed by atoms with E-state index in [-0.39, 0.29) is 17.8 Å². The third-order valence-electron chi connectivity index (χ3n) is 3.37. The molecule has 2 rings (SSSR count). The number of nitrogens with zero attached hydrogens (tertiary/aromatic N) is 1. The number of hydrogen-bond acceptors (Lipinski definition) is 6. The van der Waals surface area contributed by atoms with Crippen LogP contribution in [0, 0.1) is 0 Å². The summed E-state index contributed by atoms with van der Waals surface area (Å²) in [5.74, 6) is -0.413. The van der Waals surface area contributed by atoms with Gasteiger partial charge in [-0.05, 0) is 19.1 Å². The van der Waals surface area contributed by atoms with Gasteiger partial charge in [-0.15, -0.1) is 0 Å². The molecule has 1 heterocycles. The standard InChI is InChI=1S/C17H19N3O4/c1-11(24-17(22)13-7-8-19-10-14(13)18)16(21)20-9-12-5-3-4-6-15(12)23-2/h3-8,10-11H,9,18H2,1-2H3,(H,20,21). The molecule has 7 nitrogen and oxygen atoms in total. The van der Waals surface area contributed by atoms with E-state index in [1.807, 2.05) is 18.2 Å². The van der Waals surface area contributed by atoms with Crippen LogP contribution in [0.3, 0.4) is 0 Å². The van der Waals surface area contributed by atoms with Gasteiger partial charge in [0.15, 0.2) is 6.10 Å². The van der Waals surface area contributed by atoms with Crippen LogP contribution in [0.15, 0.2) is 42.7 Å². The number of para-hydroxylation sites is 1. The Labute approximate surface area is 139 Å². The monoisotopic (exact) mass is 329 g/mol. The number of pyridine rings is 1. The number of carbonyl (C=O) groups is 2. The largest absolute Gasteiger partial charge is 0.496 e. The maximum atomic E-state index is 12.1. The van der Waals surface area contributed by atoms with E-state index < -0.39 is 18.0 Å². The second-order valence-electron chi connectivity index (χ2n) is 5.04. The van der Waals surface area contributed by atoms with Gasteiger partial charge in [-0.1, -0.05) is 18.2 Å². The molecule has 1 amide bonds. The van der Waals surface area contributed by atoms with Crippen molar-refractivity contribution in [2.75, 3.05) is 12.8 Å². The highest BCUT2D eigenvalue weighted by Gasteiger charge is 2.20. The van der Waals surface area contributed by atoms with E-state index in [1.165, 1.54) is 25.4 Å². The molecule has 0 saturated carbocycles. The third-order valence-corrected chi connectivity index (χ3v) is 3.37. The molecule has 3 N–H and O–H groups in total. The number of nitrogens with two attached hydrogens (primary N) is 1. The number of hydrogen-bond donors (Lipinski definition) is 2. The van der Waals surface area contributed by atoms with Crippen molar-refractivity contribution in [3.63, 3.8) is 0 Å². The second kappa shape index (κ2) is 7.96. The predicted molar refractivity (Wildman–Crippen MR) is 88.4 cm³/mol. The van der Waals surface area contributed by atoms with Crippen LogP contribution in [0.1, 0.15) is 22.8 Å². The summed E-state index contributed by atoms with van der Waals surface area (Å²) < 4.78 is 10.4. The minimum atomic E-state index is -0.959. The first kappa shape index (κ1) is 17.3. The van der Waals surface area contributed by atoms with Crippen molar-refractivity contribution in [2.45, 2.75) is 19.6 Å². The Morgan fingerprint density at radius 1 is 1.29 bits per heavy atom. The maximum absolute atomic E-state index is 12.1. The number of carbonyl (C=O) groups excluding carboxylic acids is 2. The Balaban J connectivity index is 1.93. The molecule has 0 spiro atoms. The van der Waals surface area contributed by atoms with Gasteiger partial charge in [0.25, 0.3) is 5.91 Å². The van der Waals surface area contributed by atoms with Crippen LogP contribution in [0.4, 0.5) is 5.69 Å². The van der Waals surface area contributed by atoms with Gasteiger partial charge in [-0.3, -0.25) is 9.78 Å². The zero-order valence-corrected chi connectivity index (χ0v) is 13.5. The Morgan fingerprint density at radius 3 is 2.75 bits per heavy atom. The Morgan fingerprint density at radius 2 is 2.04 bits per heavy atom. The molecule has 0 fully saturated rings. The van der Waals surface area contributed by atoms with E-state index in [0.29, 0.717) is 5.75 Å². The Hall–Kier alpha value is -3.09. The van der Waals surface area contributed by atoms with Crippen LogP contribution in [-0.2, 0) is 16.1 Å². The summed E-state index contributed by atoms with van der Waals surface area (Å²) in [6.07, 6.45) is 1.82. The molecule has 1 atom stereocenters. The molecule has 24 heavy (non-hydrogen) atoms. The van der Waals surface area contributed by atoms with Crippen molar-refractivity contribution in [2.24, 2.45) is 0 Å². The van der Waals surface area contributed by atoms with Gasteiger partial charge < -0.3 is 20.5 Å². The highest BCUT2D eigenvalue weighted by atomic mass is 16.5. The lowest BCUT2D eigenvalue weighted by Crippen LogP contribution is -2.35. The molecular weight excluding hydrogens is 310 g/mol. The SMILES string of the molecule is COc1ccccc1CNC(=O)C(C)OC(=O)c1ccncc1N. The summed E-state index contributed by atoms with van der Waals surface area (Å²) in [6, 6.07) is 8.77. The zero-order valence-electron chi connectivity index (χ0n) is 13.5. The number of nitrogen functional groups attached to an aromatic ring is 1. The van der Waals surface area contributed by atoms with Crippen LogP contribution in [-0.4, -0.2) is 30.1 Å². The van der Waals surface area contributed by atoms with Crippen LogP contribution in [0.25, 0.3) is 0 Å². The number of benzene rings is 1. The number of rotatable bonds is 6. The van der Waals surface area contributed by atoms with Crippen molar-refractivity contribution in [3.8, 4) is 5.75 Å². The van der Waals surface area contributed by atoms with Gasteiger partial charge in [-0.2, -0.15) is 0 Å². The molecular formula is C17H19N3O4. The topological polar surface area (TPSA) is 104 Å². The summed E-state index contributed by atoms with van der Waals surface area (Å²) in [4.78, 5) is 27.9. The van der Waals surface area contributed by atoms with Crippen molar-refractivity contribution >= 4 is 17.6 Å². The molecule has 0 radical (unpaired) electrons. The fourth-order valence-corrected chi connectivity index (χ4v) is 2.05. The summed E-state index contributed by atoms with van der Waals surface area (Å²) >= 11 is 0. The zero-order chi connectivity index (χ0) is 17.5. The van der Waals surface area contributed by atoms with Gasteiger partial charge >= 0.3 is 5.97 Å². The number of ether oxygens (including phenoxy) is 2. The summed E-state index contributed by atoms with van der Waals surface area (Å²) in [5, 5.41) is 2.71. The van der Waals surface area contributed by atoms with Gasteiger partial charge in [0, 0.05) is 18.3 Å². The minimum Gasteiger partial charge on any atom is -0.496 e. The molecule has 0 aliphatic carbocycles. The minimum absolute atomic E-state index is 0.175. The number of aromatic nitrogens is 1. The lowest BCUT2D eigenvalue weighted by molar-refractivity contribution is -0.129. The molecule has 126 valence electrons. The van der Waals surface area contributed by atoms with Crippen LogP contribution in [0.5, 0.6) is 5.75 Å². The Bertz CT molecular complexity index is 733. The van der Waals surface area contributed by atoms with E-state index in [2.05, 4.69) is 10.3 Å². The first-order valence-electron chi connectivity index (χ1n) is 7.33. The van der Waals surface area contributed by atoms with Crippen LogP contribution in [0.2, 0.25) is 0 Å². The number of methoxy groups -OCH3 is 1. The van der Waals surface area contributed by atoms with Crippen molar-refractivity contribution in [1.29, 1.82) is 0 Å². The van der Waals surface area contributed by atoms with E-state index in [0.717, 1.165) is 5.56 Å². The summed E-state index contributed by atoms with van der Waals surface area (Å²) in [6.45, 7) is 1.76. The normalized spacial score (nSPS) is 11.4. The molecule has 2 aromatic rings. The molecule has 1 aromatic carbocycles. The molecule has 1 aromatic heterocycles. The summed E-state index contributed by atoms with van der Waals surface area (Å²) in [7, 11) is 1.56. The first-order chi connectivity index (χ1) is 11.5. The number of amides is 1. The lowest BCUT2D eigenvalue weighted by Gasteiger charge is -2.15. The summed E-state index contributed by atoms with van der Waals surface area (Å²) in [5.41, 5.74) is 6.86. The number of esters is 1. The van der Waals surface area contributed by atoms with Crippen molar-refractivity contribution < 1.29 is 19.1 Å². The fourth-order valence-electron chi connectivity index (χ4n) is 2.05. The van der Waals surface area contributed by atoms with Gasteiger partial charge in [-0.25, -0.2) is 4.79 Å². The lowest BCUT2D eigenvalue weighted by atomic mass is 10.2. The quantitative estimate of drug-likeness (QED) is 0.779. The van der Waals surface area contributed by atoms with Crippen LogP contribution < -0.4 is 15.8 Å². The predicted octanol–water partition coefficient (Wildman–Crippen LogP) is 1.53. The second-order valence-corrected chi connectivity index (χ2v) is 5.04. The highest BCUT2D eigenvalue weighted by Crippen LogP contribution is 2.17. The molecule has 0 aliphatic heterocycles. The third kappa shape index (κ3) is 4.22. The van der Waals surface area contributed by atoms with E-state index >= 15 is 0 Å². The smallest absolute Gasteiger partial charge is 0.341 e. The van der Waals surface area contributed by atoms with Crippen LogP contribution >= 0.6 is 0 Å². The number of anilines is 1. The highest BCUT2D eigenvalue weighted by molar-refractivity contribution is 5.96. The number of nitrogens with one attached hydrogen (secondary N) is 1. The van der Waals surface area contributed by atoms with Crippen molar-refractivity contribution in [3.05, 3.63) is 53.9 Å². The fraction of sp³-hybridized carbons (Fsp3) is 0.235. The average Bonchev–Trinajstić information content (AvgIpc) is 2.60. The van der Waals surface area contributed by atoms with Gasteiger partial charge in [0.1, 0.15) is 5.75 Å². The molecule has 0 aliphatic rings. The average molecular weight is 329 g/mol. The molecule has 0 bridgehead atoms. The van der Waals surface area contributed by atoms with E-state index in [9.17, 15) is 9.59 Å². The molecule has 7 heteroatoms. The Kier molecular flexibility index (Phi) is 5.73. The van der Waals surface area contributed by atoms with Gasteiger partial charge in [0.2, 0.25) is 0 Å². The molecule has 0 saturated heterocycles. The van der Waals surface area contributed by atoms with E-state index in [1.54, 1.807) is 13.2 Å². The first-order valence-corrected chi connectivity index (χ1v) is 7.33. The van der Waals surface area contributed by atoms with Gasteiger partial charge in [0.05, 0.1) is 24.6 Å². The maximum Gasteiger partial charge on any atom is 0.341 e. The molecule has 1 unspecified atom stereocenters. The van der Waals surface area contributed by atoms with Crippen molar-refractivity contribution in [1.82, 2.24) is 10.3 Å². The van der Waals surface area contributed by atoms with E-state index in [4.69, 9.17) is 15.2 Å².